The van der Waals surface area contributed by atoms with Crippen molar-refractivity contribution in [1.82, 2.24) is 0 Å². The summed E-state index contributed by atoms with van der Waals surface area (Å²) in [6, 6.07) is 7.39. The minimum atomic E-state index is 0.227. The van der Waals surface area contributed by atoms with Gasteiger partial charge >= 0.3 is 0 Å². The van der Waals surface area contributed by atoms with Crippen molar-refractivity contribution in [2.24, 2.45) is 0 Å². The van der Waals surface area contributed by atoms with Crippen molar-refractivity contribution in [3.8, 4) is 11.8 Å². The second-order valence-electron chi connectivity index (χ2n) is 2.44. The average Bonchev–Trinajstić information content (AvgIpc) is 2.07. The number of phenolic OH excluding ortho intramolecular Hbond substituents is 1. The molecular formula is C9H8BrNO. The monoisotopic (exact) mass is 225 g/mol. The van der Waals surface area contributed by atoms with Crippen molar-refractivity contribution < 1.29 is 5.11 Å². The zero-order valence-corrected chi connectivity index (χ0v) is 8.00. The summed E-state index contributed by atoms with van der Waals surface area (Å²) in [5.74, 6) is 0.227. The van der Waals surface area contributed by atoms with E-state index in [0.717, 1.165) is 5.56 Å². The molecule has 3 heteroatoms. The molecule has 1 N–H and O–H groups in total. The molecule has 0 aliphatic carbocycles. The molecule has 0 fully saturated rings. The highest BCUT2D eigenvalue weighted by Crippen LogP contribution is 2.24. The number of rotatable bonds is 2. The first-order chi connectivity index (χ1) is 5.74. The van der Waals surface area contributed by atoms with E-state index in [9.17, 15) is 5.11 Å². The Kier molecular flexibility index (Phi) is 3.12. The fraction of sp³-hybridized carbons (Fsp3) is 0.222. The topological polar surface area (TPSA) is 44.0 Å². The molecule has 0 heterocycles. The zero-order valence-electron chi connectivity index (χ0n) is 6.42. The lowest BCUT2D eigenvalue weighted by atomic mass is 10.1. The van der Waals surface area contributed by atoms with Gasteiger partial charge in [0.25, 0.3) is 0 Å². The van der Waals surface area contributed by atoms with Crippen molar-refractivity contribution in [3.05, 3.63) is 28.2 Å². The molecule has 0 radical (unpaired) electrons. The average molecular weight is 226 g/mol. The minimum absolute atomic E-state index is 0.227. The Morgan fingerprint density at radius 2 is 2.25 bits per heavy atom. The maximum atomic E-state index is 9.27. The molecule has 1 aromatic rings. The van der Waals surface area contributed by atoms with Gasteiger partial charge in [0.2, 0.25) is 0 Å². The second kappa shape index (κ2) is 4.13. The van der Waals surface area contributed by atoms with Crippen LogP contribution in [0, 0.1) is 11.3 Å². The van der Waals surface area contributed by atoms with Crippen LogP contribution in [-0.2, 0) is 6.42 Å². The van der Waals surface area contributed by atoms with Crippen LogP contribution in [0.1, 0.15) is 12.0 Å². The van der Waals surface area contributed by atoms with Crippen LogP contribution in [-0.4, -0.2) is 5.11 Å². The predicted molar refractivity (Wildman–Crippen MR) is 49.7 cm³/mol. The normalized spacial score (nSPS) is 9.33. The van der Waals surface area contributed by atoms with Gasteiger partial charge in [0.05, 0.1) is 10.5 Å². The lowest BCUT2D eigenvalue weighted by Crippen LogP contribution is -1.82. The zero-order chi connectivity index (χ0) is 8.97. The predicted octanol–water partition coefficient (Wildman–Crippen LogP) is 2.61. The van der Waals surface area contributed by atoms with E-state index in [-0.39, 0.29) is 5.75 Å². The number of nitrogens with zero attached hydrogens (tertiary/aromatic N) is 1. The van der Waals surface area contributed by atoms with Gasteiger partial charge in [-0.15, -0.1) is 0 Å². The standard InChI is InChI=1S/C9H8BrNO/c10-8-4-3-7(2-1-5-11)6-9(8)12/h3-4,6,12H,1-2H2. The fourth-order valence-electron chi connectivity index (χ4n) is 0.914. The second-order valence-corrected chi connectivity index (χ2v) is 3.30. The van der Waals surface area contributed by atoms with E-state index in [2.05, 4.69) is 22.0 Å². The van der Waals surface area contributed by atoms with E-state index in [0.29, 0.717) is 17.3 Å². The van der Waals surface area contributed by atoms with Crippen molar-refractivity contribution >= 4 is 15.9 Å². The van der Waals surface area contributed by atoms with Crippen LogP contribution in [0.4, 0.5) is 0 Å². The van der Waals surface area contributed by atoms with Gasteiger partial charge in [-0.25, -0.2) is 0 Å². The van der Waals surface area contributed by atoms with Crippen molar-refractivity contribution in [2.45, 2.75) is 12.8 Å². The molecule has 0 aliphatic heterocycles. The summed E-state index contributed by atoms with van der Waals surface area (Å²) in [6.07, 6.45) is 1.18. The summed E-state index contributed by atoms with van der Waals surface area (Å²) in [7, 11) is 0. The summed E-state index contributed by atoms with van der Waals surface area (Å²) in [5.41, 5.74) is 0.984. The molecule has 0 unspecified atom stereocenters. The molecule has 2 nitrogen and oxygen atoms in total. The molecule has 0 atom stereocenters. The van der Waals surface area contributed by atoms with Crippen LogP contribution in [0.2, 0.25) is 0 Å². The van der Waals surface area contributed by atoms with E-state index < -0.39 is 0 Å². The molecule has 12 heavy (non-hydrogen) atoms. The third-order valence-corrected chi connectivity index (χ3v) is 2.21. The third-order valence-electron chi connectivity index (χ3n) is 1.54. The van der Waals surface area contributed by atoms with Crippen LogP contribution in [0.15, 0.2) is 22.7 Å². The van der Waals surface area contributed by atoms with Crippen LogP contribution in [0.3, 0.4) is 0 Å². The first-order valence-electron chi connectivity index (χ1n) is 3.58. The van der Waals surface area contributed by atoms with Gasteiger partial charge in [-0.1, -0.05) is 6.07 Å². The quantitative estimate of drug-likeness (QED) is 0.842. The van der Waals surface area contributed by atoms with Gasteiger partial charge in [0.1, 0.15) is 5.75 Å². The van der Waals surface area contributed by atoms with Crippen molar-refractivity contribution in [2.75, 3.05) is 0 Å². The largest absolute Gasteiger partial charge is 0.507 e. The maximum absolute atomic E-state index is 9.27. The molecule has 0 saturated carbocycles. The fourth-order valence-corrected chi connectivity index (χ4v) is 1.16. The molecule has 0 amide bonds. The smallest absolute Gasteiger partial charge is 0.130 e. The first-order valence-corrected chi connectivity index (χ1v) is 4.37. The van der Waals surface area contributed by atoms with E-state index in [1.54, 1.807) is 12.1 Å². The summed E-state index contributed by atoms with van der Waals surface area (Å²) < 4.78 is 0.684. The number of hydrogen-bond donors (Lipinski definition) is 1. The Labute approximate surface area is 79.6 Å². The van der Waals surface area contributed by atoms with Gasteiger partial charge in [-0.2, -0.15) is 5.26 Å². The molecule has 0 bridgehead atoms. The van der Waals surface area contributed by atoms with Crippen molar-refractivity contribution in [3.63, 3.8) is 0 Å². The SMILES string of the molecule is N#CCCc1ccc(Br)c(O)c1. The Hall–Kier alpha value is -1.01. The van der Waals surface area contributed by atoms with Crippen LogP contribution >= 0.6 is 15.9 Å². The maximum Gasteiger partial charge on any atom is 0.130 e. The number of benzene rings is 1. The number of halogens is 1. The Bertz CT molecular complexity index is 317. The van der Waals surface area contributed by atoms with Crippen LogP contribution in [0.5, 0.6) is 5.75 Å². The number of aromatic hydroxyl groups is 1. The summed E-state index contributed by atoms with van der Waals surface area (Å²) in [6.45, 7) is 0. The number of nitriles is 1. The first kappa shape index (κ1) is 9.08. The lowest BCUT2D eigenvalue weighted by molar-refractivity contribution is 0.471. The molecule has 62 valence electrons. The number of phenols is 1. The Morgan fingerprint density at radius 1 is 1.50 bits per heavy atom. The van der Waals surface area contributed by atoms with Gasteiger partial charge in [-0.3, -0.25) is 0 Å². The molecule has 1 aromatic carbocycles. The highest BCUT2D eigenvalue weighted by molar-refractivity contribution is 9.10. The summed E-state index contributed by atoms with van der Waals surface area (Å²) >= 11 is 3.18. The van der Waals surface area contributed by atoms with Crippen LogP contribution < -0.4 is 0 Å². The van der Waals surface area contributed by atoms with Crippen LogP contribution in [0.25, 0.3) is 0 Å². The summed E-state index contributed by atoms with van der Waals surface area (Å²) in [5, 5.41) is 17.6. The van der Waals surface area contributed by atoms with Gasteiger partial charge in [-0.05, 0) is 40.0 Å². The summed E-state index contributed by atoms with van der Waals surface area (Å²) in [4.78, 5) is 0. The van der Waals surface area contributed by atoms with E-state index in [1.165, 1.54) is 0 Å². The highest BCUT2D eigenvalue weighted by atomic mass is 79.9. The number of aryl methyl sites for hydroxylation is 1. The molecule has 0 saturated heterocycles. The van der Waals surface area contributed by atoms with Gasteiger partial charge in [0.15, 0.2) is 0 Å². The lowest BCUT2D eigenvalue weighted by Gasteiger charge is -1.99. The Morgan fingerprint density at radius 3 is 2.83 bits per heavy atom. The minimum Gasteiger partial charge on any atom is -0.507 e. The van der Waals surface area contributed by atoms with Gasteiger partial charge < -0.3 is 5.11 Å². The van der Waals surface area contributed by atoms with E-state index >= 15 is 0 Å². The Balaban J connectivity index is 2.77. The van der Waals surface area contributed by atoms with Crippen molar-refractivity contribution in [1.29, 1.82) is 5.26 Å². The molecule has 1 rings (SSSR count). The van der Waals surface area contributed by atoms with E-state index in [1.807, 2.05) is 6.07 Å². The van der Waals surface area contributed by atoms with E-state index in [4.69, 9.17) is 5.26 Å². The molecular weight excluding hydrogens is 218 g/mol. The molecule has 0 spiro atoms. The highest BCUT2D eigenvalue weighted by Gasteiger charge is 1.98. The number of hydrogen-bond acceptors (Lipinski definition) is 2. The van der Waals surface area contributed by atoms with Gasteiger partial charge in [0, 0.05) is 6.42 Å². The molecule has 0 aromatic heterocycles. The molecule has 0 aliphatic rings. The third kappa shape index (κ3) is 2.24.